The molecule has 0 aromatic heterocycles. The van der Waals surface area contributed by atoms with Crippen LogP contribution in [-0.2, 0) is 4.79 Å². The van der Waals surface area contributed by atoms with Crippen LogP contribution < -0.4 is 0 Å². The van der Waals surface area contributed by atoms with Gasteiger partial charge in [0.05, 0.1) is 17.2 Å². The minimum absolute atomic E-state index is 0.0791. The molecule has 0 heterocycles. The molecule has 1 aromatic rings. The monoisotopic (exact) mass is 304 g/mol. The van der Waals surface area contributed by atoms with Gasteiger partial charge in [-0.2, -0.15) is 0 Å². The number of benzene rings is 1. The van der Waals surface area contributed by atoms with Crippen molar-refractivity contribution in [3.8, 4) is 11.5 Å². The maximum absolute atomic E-state index is 11.9. The molecule has 22 heavy (non-hydrogen) atoms. The molecule has 0 fully saturated rings. The number of hydrogen-bond acceptors (Lipinski definition) is 6. The standard InChI is InChI=1S/C16H16O6/c1-7(2)3-4-9(17)8-5-10(18)13-11(19)6-12(20)16(22)14(13)15(8)21/h3,5-6,9,17-19,21H,4H2,1-2H3. The summed E-state index contributed by atoms with van der Waals surface area (Å²) in [4.78, 5) is 23.4. The summed E-state index contributed by atoms with van der Waals surface area (Å²) in [7, 11) is 0. The normalized spacial score (nSPS) is 15.1. The highest BCUT2D eigenvalue weighted by molar-refractivity contribution is 6.51. The predicted molar refractivity (Wildman–Crippen MR) is 78.7 cm³/mol. The Morgan fingerprint density at radius 1 is 1.18 bits per heavy atom. The molecule has 116 valence electrons. The van der Waals surface area contributed by atoms with E-state index in [1.54, 1.807) is 6.08 Å². The van der Waals surface area contributed by atoms with Crippen LogP contribution in [0.15, 0.2) is 23.8 Å². The Balaban J connectivity index is 2.60. The molecule has 1 aliphatic rings. The van der Waals surface area contributed by atoms with Crippen molar-refractivity contribution in [3.05, 3.63) is 40.5 Å². The first-order chi connectivity index (χ1) is 10.2. The van der Waals surface area contributed by atoms with Gasteiger partial charge >= 0.3 is 0 Å². The highest BCUT2D eigenvalue weighted by Gasteiger charge is 2.33. The van der Waals surface area contributed by atoms with Gasteiger partial charge < -0.3 is 20.4 Å². The van der Waals surface area contributed by atoms with E-state index < -0.39 is 40.5 Å². The van der Waals surface area contributed by atoms with Crippen molar-refractivity contribution in [3.63, 3.8) is 0 Å². The van der Waals surface area contributed by atoms with Crippen molar-refractivity contribution in [2.24, 2.45) is 0 Å². The average Bonchev–Trinajstić information content (AvgIpc) is 2.44. The van der Waals surface area contributed by atoms with Crippen LogP contribution in [0, 0.1) is 0 Å². The fraction of sp³-hybridized carbons (Fsp3) is 0.250. The summed E-state index contributed by atoms with van der Waals surface area (Å²) in [5.74, 6) is -3.75. The lowest BCUT2D eigenvalue weighted by Crippen LogP contribution is -2.20. The van der Waals surface area contributed by atoms with Gasteiger partial charge in [0.2, 0.25) is 11.6 Å². The third-order valence-electron chi connectivity index (χ3n) is 3.39. The van der Waals surface area contributed by atoms with Crippen LogP contribution in [0.3, 0.4) is 0 Å². The Kier molecular flexibility index (Phi) is 4.05. The van der Waals surface area contributed by atoms with Crippen molar-refractivity contribution in [2.45, 2.75) is 26.4 Å². The number of hydrogen-bond donors (Lipinski definition) is 4. The number of carbonyl (C=O) groups excluding carboxylic acids is 2. The van der Waals surface area contributed by atoms with E-state index in [9.17, 15) is 30.0 Å². The molecule has 1 aromatic carbocycles. The SMILES string of the molecule is CC(C)=CCC(O)c1cc(O)c2c(c1O)C(=O)C(=O)C=C2O. The number of aromatic hydroxyl groups is 2. The van der Waals surface area contributed by atoms with Gasteiger partial charge in [-0.3, -0.25) is 9.59 Å². The van der Waals surface area contributed by atoms with Crippen molar-refractivity contribution in [2.75, 3.05) is 0 Å². The van der Waals surface area contributed by atoms with Gasteiger partial charge in [0.1, 0.15) is 17.3 Å². The summed E-state index contributed by atoms with van der Waals surface area (Å²) in [6.45, 7) is 3.67. The number of phenols is 2. The first-order valence-electron chi connectivity index (χ1n) is 6.64. The van der Waals surface area contributed by atoms with Crippen LogP contribution in [0.1, 0.15) is 47.9 Å². The molecule has 0 spiro atoms. The number of allylic oxidation sites excluding steroid dienone is 2. The maximum atomic E-state index is 11.9. The van der Waals surface area contributed by atoms with Crippen molar-refractivity contribution in [1.82, 2.24) is 0 Å². The molecule has 4 N–H and O–H groups in total. The first-order valence-corrected chi connectivity index (χ1v) is 6.64. The quantitative estimate of drug-likeness (QED) is 0.386. The first kappa shape index (κ1) is 15.8. The number of fused-ring (bicyclic) bond motifs is 1. The highest BCUT2D eigenvalue weighted by Crippen LogP contribution is 2.42. The average molecular weight is 304 g/mol. The highest BCUT2D eigenvalue weighted by atomic mass is 16.3. The Labute approximate surface area is 126 Å². The smallest absolute Gasteiger partial charge is 0.237 e. The molecule has 0 saturated heterocycles. The molecule has 6 heteroatoms. The largest absolute Gasteiger partial charge is 0.507 e. The van der Waals surface area contributed by atoms with E-state index in [4.69, 9.17) is 0 Å². The number of Topliss-reactive ketones (excluding diaryl/α,β-unsaturated/α-hetero) is 1. The third-order valence-corrected chi connectivity index (χ3v) is 3.39. The van der Waals surface area contributed by atoms with Crippen molar-refractivity contribution >= 4 is 17.3 Å². The van der Waals surface area contributed by atoms with Crippen molar-refractivity contribution in [1.29, 1.82) is 0 Å². The minimum atomic E-state index is -1.16. The van der Waals surface area contributed by atoms with E-state index in [0.717, 1.165) is 11.6 Å². The number of aliphatic hydroxyl groups excluding tert-OH is 2. The Morgan fingerprint density at radius 2 is 1.82 bits per heavy atom. The molecule has 1 atom stereocenters. The third kappa shape index (κ3) is 2.60. The second-order valence-corrected chi connectivity index (χ2v) is 5.34. The van der Waals surface area contributed by atoms with Crippen LogP contribution in [0.2, 0.25) is 0 Å². The number of rotatable bonds is 3. The molecular weight excluding hydrogens is 288 g/mol. The van der Waals surface area contributed by atoms with E-state index in [1.807, 2.05) is 13.8 Å². The molecular formula is C16H16O6. The van der Waals surface area contributed by atoms with E-state index in [-0.39, 0.29) is 17.5 Å². The minimum Gasteiger partial charge on any atom is -0.507 e. The number of phenolic OH excluding ortho intramolecular Hbond substituents is 2. The molecule has 0 radical (unpaired) electrons. The van der Waals surface area contributed by atoms with Crippen LogP contribution in [0.4, 0.5) is 0 Å². The zero-order chi connectivity index (χ0) is 16.6. The van der Waals surface area contributed by atoms with Crippen LogP contribution >= 0.6 is 0 Å². The molecule has 0 saturated carbocycles. The van der Waals surface area contributed by atoms with Gasteiger partial charge in [0, 0.05) is 11.6 Å². The summed E-state index contributed by atoms with van der Waals surface area (Å²) in [6.07, 6.45) is 1.41. The lowest BCUT2D eigenvalue weighted by molar-refractivity contribution is -0.111. The Hall–Kier alpha value is -2.60. The van der Waals surface area contributed by atoms with Gasteiger partial charge in [0.15, 0.2) is 0 Å². The van der Waals surface area contributed by atoms with E-state index >= 15 is 0 Å². The Bertz CT molecular complexity index is 723. The fourth-order valence-electron chi connectivity index (χ4n) is 2.27. The van der Waals surface area contributed by atoms with Gasteiger partial charge in [-0.15, -0.1) is 0 Å². The van der Waals surface area contributed by atoms with Gasteiger partial charge in [-0.1, -0.05) is 11.6 Å². The van der Waals surface area contributed by atoms with Gasteiger partial charge in [-0.05, 0) is 26.3 Å². The second kappa shape index (κ2) is 5.65. The second-order valence-electron chi connectivity index (χ2n) is 5.34. The van der Waals surface area contributed by atoms with Crippen LogP contribution in [0.5, 0.6) is 11.5 Å². The molecule has 0 aliphatic heterocycles. The molecule has 0 amide bonds. The number of carbonyl (C=O) groups is 2. The lowest BCUT2D eigenvalue weighted by atomic mass is 9.88. The fourth-order valence-corrected chi connectivity index (χ4v) is 2.27. The summed E-state index contributed by atoms with van der Waals surface area (Å²) in [5, 5.41) is 40.0. The lowest BCUT2D eigenvalue weighted by Gasteiger charge is -2.19. The summed E-state index contributed by atoms with van der Waals surface area (Å²) in [6, 6.07) is 1.07. The van der Waals surface area contributed by atoms with Crippen molar-refractivity contribution < 1.29 is 30.0 Å². The molecule has 6 nitrogen and oxygen atoms in total. The van der Waals surface area contributed by atoms with E-state index in [0.29, 0.717) is 6.08 Å². The zero-order valence-corrected chi connectivity index (χ0v) is 12.1. The van der Waals surface area contributed by atoms with Crippen LogP contribution in [-0.4, -0.2) is 32.0 Å². The van der Waals surface area contributed by atoms with E-state index in [1.165, 1.54) is 0 Å². The van der Waals surface area contributed by atoms with Crippen LogP contribution in [0.25, 0.3) is 5.76 Å². The zero-order valence-electron chi connectivity index (χ0n) is 12.1. The summed E-state index contributed by atoms with van der Waals surface area (Å²) >= 11 is 0. The molecule has 0 bridgehead atoms. The number of aliphatic hydroxyl groups is 2. The topological polar surface area (TPSA) is 115 Å². The molecule has 1 unspecified atom stereocenters. The van der Waals surface area contributed by atoms with E-state index in [2.05, 4.69) is 0 Å². The van der Waals surface area contributed by atoms with Gasteiger partial charge in [-0.25, -0.2) is 0 Å². The molecule has 2 rings (SSSR count). The summed E-state index contributed by atoms with van der Waals surface area (Å²) < 4.78 is 0. The predicted octanol–water partition coefficient (Wildman–Crippen LogP) is 2.15. The summed E-state index contributed by atoms with van der Waals surface area (Å²) in [5.41, 5.74) is 0.0775. The molecule has 1 aliphatic carbocycles. The Morgan fingerprint density at radius 3 is 2.41 bits per heavy atom. The number of ketones is 2. The maximum Gasteiger partial charge on any atom is 0.237 e. The van der Waals surface area contributed by atoms with Gasteiger partial charge in [0.25, 0.3) is 0 Å².